The lowest BCUT2D eigenvalue weighted by Crippen LogP contribution is -2.13. The van der Waals surface area contributed by atoms with Crippen LogP contribution in [0.2, 0.25) is 0 Å². The molecular formula is C22H25N3O4. The molecule has 7 heteroatoms. The van der Waals surface area contributed by atoms with Gasteiger partial charge >= 0.3 is 0 Å². The van der Waals surface area contributed by atoms with Crippen molar-refractivity contribution in [2.45, 2.75) is 20.8 Å². The number of benzene rings is 2. The van der Waals surface area contributed by atoms with E-state index in [4.69, 9.17) is 14.2 Å². The fraction of sp³-hybridized carbons (Fsp3) is 0.273. The fourth-order valence-electron chi connectivity index (χ4n) is 2.86. The Morgan fingerprint density at radius 2 is 1.59 bits per heavy atom. The van der Waals surface area contributed by atoms with Crippen LogP contribution in [0.5, 0.6) is 17.2 Å². The zero-order chi connectivity index (χ0) is 20.6. The monoisotopic (exact) mass is 395 g/mol. The molecule has 1 aromatic heterocycles. The van der Waals surface area contributed by atoms with Gasteiger partial charge in [0.1, 0.15) is 5.82 Å². The van der Waals surface area contributed by atoms with Crippen molar-refractivity contribution >= 4 is 11.6 Å². The van der Waals surface area contributed by atoms with Crippen LogP contribution in [0.3, 0.4) is 0 Å². The molecular weight excluding hydrogens is 370 g/mol. The summed E-state index contributed by atoms with van der Waals surface area (Å²) in [6.07, 6.45) is 3.46. The second kappa shape index (κ2) is 9.64. The third-order valence-electron chi connectivity index (χ3n) is 4.09. The first-order valence-corrected chi connectivity index (χ1v) is 9.63. The number of aromatic amines is 1. The van der Waals surface area contributed by atoms with Gasteiger partial charge in [0, 0.05) is 29.2 Å². The molecule has 0 aliphatic carbocycles. The van der Waals surface area contributed by atoms with E-state index in [0.717, 1.165) is 11.4 Å². The van der Waals surface area contributed by atoms with Gasteiger partial charge in [0.25, 0.3) is 5.91 Å². The smallest absolute Gasteiger partial charge is 0.255 e. The lowest BCUT2D eigenvalue weighted by molar-refractivity contribution is 0.102. The maximum Gasteiger partial charge on any atom is 0.255 e. The Kier molecular flexibility index (Phi) is 6.73. The molecule has 0 bridgehead atoms. The summed E-state index contributed by atoms with van der Waals surface area (Å²) < 4.78 is 17.0. The summed E-state index contributed by atoms with van der Waals surface area (Å²) in [6.45, 7) is 7.01. The third kappa shape index (κ3) is 4.87. The van der Waals surface area contributed by atoms with E-state index in [1.165, 1.54) is 0 Å². The van der Waals surface area contributed by atoms with Gasteiger partial charge in [-0.3, -0.25) is 4.79 Å². The van der Waals surface area contributed by atoms with E-state index >= 15 is 0 Å². The Morgan fingerprint density at radius 1 is 0.966 bits per heavy atom. The van der Waals surface area contributed by atoms with Crippen molar-refractivity contribution in [1.82, 2.24) is 9.97 Å². The average Bonchev–Trinajstić information content (AvgIpc) is 3.26. The topological polar surface area (TPSA) is 85.5 Å². The molecule has 0 atom stereocenters. The predicted molar refractivity (Wildman–Crippen MR) is 112 cm³/mol. The molecule has 1 heterocycles. The SMILES string of the molecule is CCOc1cc(C(=O)Nc2ccc(-c3ncc[nH]3)cc2)cc(OCC)c1OCC. The van der Waals surface area contributed by atoms with Gasteiger partial charge in [-0.05, 0) is 57.2 Å². The number of ether oxygens (including phenoxy) is 3. The number of hydrogen-bond acceptors (Lipinski definition) is 5. The van der Waals surface area contributed by atoms with Crippen LogP contribution in [0.1, 0.15) is 31.1 Å². The molecule has 0 saturated heterocycles. The van der Waals surface area contributed by atoms with Gasteiger partial charge in [-0.25, -0.2) is 4.98 Å². The highest BCUT2D eigenvalue weighted by Crippen LogP contribution is 2.39. The first-order valence-electron chi connectivity index (χ1n) is 9.63. The molecule has 152 valence electrons. The Morgan fingerprint density at radius 3 is 2.10 bits per heavy atom. The van der Waals surface area contributed by atoms with E-state index in [-0.39, 0.29) is 5.91 Å². The average molecular weight is 395 g/mol. The number of anilines is 1. The number of rotatable bonds is 9. The van der Waals surface area contributed by atoms with Gasteiger partial charge in [0.2, 0.25) is 5.75 Å². The number of hydrogen-bond donors (Lipinski definition) is 2. The first-order chi connectivity index (χ1) is 14.2. The standard InChI is InChI=1S/C22H25N3O4/c1-4-27-18-13-16(14-19(28-5-2)20(18)29-6-3)22(26)25-17-9-7-15(8-10-17)21-23-11-12-24-21/h7-14H,4-6H2,1-3H3,(H,23,24)(H,25,26). The Hall–Kier alpha value is -3.48. The van der Waals surface area contributed by atoms with Gasteiger partial charge in [0.15, 0.2) is 11.5 Å². The maximum atomic E-state index is 12.8. The van der Waals surface area contributed by atoms with E-state index in [1.807, 2.05) is 45.0 Å². The molecule has 0 spiro atoms. The summed E-state index contributed by atoms with van der Waals surface area (Å²) in [5.41, 5.74) is 2.04. The second-order valence-corrected chi connectivity index (χ2v) is 6.07. The van der Waals surface area contributed by atoms with Crippen molar-refractivity contribution in [3.8, 4) is 28.6 Å². The highest BCUT2D eigenvalue weighted by atomic mass is 16.5. The summed E-state index contributed by atoms with van der Waals surface area (Å²) in [5, 5.41) is 2.90. The first kappa shape index (κ1) is 20.3. The van der Waals surface area contributed by atoms with Crippen molar-refractivity contribution in [3.63, 3.8) is 0 Å². The van der Waals surface area contributed by atoms with Crippen molar-refractivity contribution in [2.24, 2.45) is 0 Å². The highest BCUT2D eigenvalue weighted by Gasteiger charge is 2.18. The summed E-state index contributed by atoms with van der Waals surface area (Å²) in [5.74, 6) is 1.99. The van der Waals surface area contributed by atoms with Crippen LogP contribution in [0, 0.1) is 0 Å². The minimum Gasteiger partial charge on any atom is -0.490 e. The van der Waals surface area contributed by atoms with Gasteiger partial charge < -0.3 is 24.5 Å². The third-order valence-corrected chi connectivity index (χ3v) is 4.09. The Balaban J connectivity index is 1.84. The van der Waals surface area contributed by atoms with Crippen LogP contribution in [0.4, 0.5) is 5.69 Å². The fourth-order valence-corrected chi connectivity index (χ4v) is 2.86. The molecule has 0 fully saturated rings. The minimum absolute atomic E-state index is 0.263. The highest BCUT2D eigenvalue weighted by molar-refractivity contribution is 6.05. The van der Waals surface area contributed by atoms with Crippen LogP contribution in [0.15, 0.2) is 48.8 Å². The summed E-state index contributed by atoms with van der Waals surface area (Å²) in [4.78, 5) is 20.1. The second-order valence-electron chi connectivity index (χ2n) is 6.07. The molecule has 0 aliphatic rings. The summed E-state index contributed by atoms with van der Waals surface area (Å²) in [7, 11) is 0. The molecule has 0 saturated carbocycles. The molecule has 2 N–H and O–H groups in total. The lowest BCUT2D eigenvalue weighted by Gasteiger charge is -2.17. The van der Waals surface area contributed by atoms with Crippen molar-refractivity contribution in [3.05, 3.63) is 54.4 Å². The van der Waals surface area contributed by atoms with E-state index in [9.17, 15) is 4.79 Å². The zero-order valence-corrected chi connectivity index (χ0v) is 16.8. The number of amides is 1. The molecule has 1 amide bonds. The van der Waals surface area contributed by atoms with E-state index in [1.54, 1.807) is 24.5 Å². The van der Waals surface area contributed by atoms with Gasteiger partial charge in [-0.1, -0.05) is 0 Å². The largest absolute Gasteiger partial charge is 0.490 e. The van der Waals surface area contributed by atoms with Crippen molar-refractivity contribution in [2.75, 3.05) is 25.1 Å². The summed E-state index contributed by atoms with van der Waals surface area (Å²) >= 11 is 0. The van der Waals surface area contributed by atoms with E-state index in [2.05, 4.69) is 15.3 Å². The quantitative estimate of drug-likeness (QED) is 0.556. The van der Waals surface area contributed by atoms with Crippen molar-refractivity contribution < 1.29 is 19.0 Å². The van der Waals surface area contributed by atoms with Crippen LogP contribution in [-0.4, -0.2) is 35.7 Å². The van der Waals surface area contributed by atoms with Gasteiger partial charge in [-0.15, -0.1) is 0 Å². The van der Waals surface area contributed by atoms with E-state index in [0.29, 0.717) is 48.3 Å². The number of H-pyrrole nitrogens is 1. The molecule has 29 heavy (non-hydrogen) atoms. The number of aromatic nitrogens is 2. The number of imidazole rings is 1. The molecule has 2 aromatic carbocycles. The predicted octanol–water partition coefficient (Wildman–Crippen LogP) is 4.53. The van der Waals surface area contributed by atoms with Crippen LogP contribution in [-0.2, 0) is 0 Å². The maximum absolute atomic E-state index is 12.8. The molecule has 0 unspecified atom stereocenters. The molecule has 7 nitrogen and oxygen atoms in total. The van der Waals surface area contributed by atoms with Crippen LogP contribution >= 0.6 is 0 Å². The normalized spacial score (nSPS) is 10.4. The molecule has 3 rings (SSSR count). The van der Waals surface area contributed by atoms with Crippen LogP contribution in [0.25, 0.3) is 11.4 Å². The Bertz CT molecular complexity index is 910. The number of carbonyl (C=O) groups is 1. The number of carbonyl (C=O) groups excluding carboxylic acids is 1. The number of nitrogens with one attached hydrogen (secondary N) is 2. The van der Waals surface area contributed by atoms with Crippen LogP contribution < -0.4 is 19.5 Å². The number of nitrogens with zero attached hydrogens (tertiary/aromatic N) is 1. The van der Waals surface area contributed by atoms with Crippen molar-refractivity contribution in [1.29, 1.82) is 0 Å². The minimum atomic E-state index is -0.263. The zero-order valence-electron chi connectivity index (χ0n) is 16.8. The molecule has 0 radical (unpaired) electrons. The van der Waals surface area contributed by atoms with E-state index < -0.39 is 0 Å². The van der Waals surface area contributed by atoms with Gasteiger partial charge in [-0.2, -0.15) is 0 Å². The Labute approximate surface area is 170 Å². The molecule has 3 aromatic rings. The lowest BCUT2D eigenvalue weighted by atomic mass is 10.1. The van der Waals surface area contributed by atoms with Gasteiger partial charge in [0.05, 0.1) is 19.8 Å². The summed E-state index contributed by atoms with van der Waals surface area (Å²) in [6, 6.07) is 10.8. The molecule has 0 aliphatic heterocycles.